The molecule has 1 heteroatoms. The highest BCUT2D eigenvalue weighted by Gasteiger charge is 2.21. The summed E-state index contributed by atoms with van der Waals surface area (Å²) in [6.45, 7) is 13.3. The smallest absolute Gasteiger partial charge is 0.0573 e. The van der Waals surface area contributed by atoms with Crippen molar-refractivity contribution in [2.75, 3.05) is 0 Å². The van der Waals surface area contributed by atoms with Crippen molar-refractivity contribution in [3.05, 3.63) is 82.0 Å². The van der Waals surface area contributed by atoms with E-state index >= 15 is 0 Å². The molecule has 2 aromatic rings. The van der Waals surface area contributed by atoms with Crippen LogP contribution in [0.4, 0.5) is 0 Å². The standard InChI is InChI=1S/C25H27P/c1-17-13-19(3)24(20(4)14-17)26(12-11-23-9-7-8-10-23)25-21(5)15-18(2)16-22(25)6/h7-10,13-16,23H,1-6H3. The molecular weight excluding hydrogens is 331 g/mol. The molecule has 0 amide bonds. The van der Waals surface area contributed by atoms with Crippen LogP contribution in [0.15, 0.2) is 48.6 Å². The molecule has 0 bridgehead atoms. The van der Waals surface area contributed by atoms with Crippen LogP contribution >= 0.6 is 7.92 Å². The Morgan fingerprint density at radius 3 is 1.42 bits per heavy atom. The fourth-order valence-electron chi connectivity index (χ4n) is 3.94. The van der Waals surface area contributed by atoms with Gasteiger partial charge in [0.1, 0.15) is 0 Å². The summed E-state index contributed by atoms with van der Waals surface area (Å²) in [5, 5.41) is 2.86. The van der Waals surface area contributed by atoms with Crippen molar-refractivity contribution in [1.82, 2.24) is 0 Å². The Hall–Kier alpha value is -2.09. The van der Waals surface area contributed by atoms with Crippen molar-refractivity contribution < 1.29 is 0 Å². The number of allylic oxidation sites excluding steroid dienone is 4. The molecule has 0 aromatic heterocycles. The molecule has 0 nitrogen and oxygen atoms in total. The minimum Gasteiger partial charge on any atom is -0.0862 e. The van der Waals surface area contributed by atoms with E-state index < -0.39 is 7.92 Å². The molecule has 132 valence electrons. The second kappa shape index (κ2) is 7.65. The maximum atomic E-state index is 3.71. The topological polar surface area (TPSA) is 0 Å². The van der Waals surface area contributed by atoms with Gasteiger partial charge in [-0.05, 0) is 74.4 Å². The zero-order chi connectivity index (χ0) is 18.8. The Balaban J connectivity index is 2.21. The van der Waals surface area contributed by atoms with Gasteiger partial charge in [0.2, 0.25) is 0 Å². The molecule has 0 atom stereocenters. The molecule has 26 heavy (non-hydrogen) atoms. The predicted octanol–water partition coefficient (Wildman–Crippen LogP) is 5.67. The van der Waals surface area contributed by atoms with E-state index in [2.05, 4.69) is 102 Å². The van der Waals surface area contributed by atoms with Crippen LogP contribution in [-0.4, -0.2) is 0 Å². The third kappa shape index (κ3) is 3.85. The summed E-state index contributed by atoms with van der Waals surface area (Å²) < 4.78 is 0. The van der Waals surface area contributed by atoms with E-state index in [4.69, 9.17) is 0 Å². The number of benzene rings is 2. The minimum absolute atomic E-state index is 0.247. The van der Waals surface area contributed by atoms with Gasteiger partial charge in [-0.1, -0.05) is 71.3 Å². The molecule has 2 aromatic carbocycles. The molecule has 1 aliphatic rings. The van der Waals surface area contributed by atoms with Crippen LogP contribution in [0.1, 0.15) is 33.4 Å². The summed E-state index contributed by atoms with van der Waals surface area (Å²) in [6.07, 6.45) is 8.52. The van der Waals surface area contributed by atoms with Crippen LogP contribution in [0.5, 0.6) is 0 Å². The fraction of sp³-hybridized carbons (Fsp3) is 0.280. The lowest BCUT2D eigenvalue weighted by molar-refractivity contribution is 1.15. The maximum absolute atomic E-state index is 3.71. The summed E-state index contributed by atoms with van der Waals surface area (Å²) in [5.41, 5.74) is 11.8. The fourth-order valence-corrected chi connectivity index (χ4v) is 6.34. The lowest BCUT2D eigenvalue weighted by Gasteiger charge is -2.22. The van der Waals surface area contributed by atoms with Gasteiger partial charge in [-0.3, -0.25) is 0 Å². The van der Waals surface area contributed by atoms with Crippen molar-refractivity contribution in [2.24, 2.45) is 5.92 Å². The van der Waals surface area contributed by atoms with Crippen molar-refractivity contribution in [3.63, 3.8) is 0 Å². The second-order valence-electron chi connectivity index (χ2n) is 7.38. The number of rotatable bonds is 2. The van der Waals surface area contributed by atoms with Gasteiger partial charge in [-0.2, -0.15) is 0 Å². The van der Waals surface area contributed by atoms with Gasteiger partial charge in [0.25, 0.3) is 0 Å². The highest BCUT2D eigenvalue weighted by Crippen LogP contribution is 2.38. The van der Waals surface area contributed by atoms with E-state index in [1.54, 1.807) is 0 Å². The summed E-state index contributed by atoms with van der Waals surface area (Å²) in [7, 11) is -0.704. The van der Waals surface area contributed by atoms with Crippen LogP contribution in [0.25, 0.3) is 0 Å². The molecule has 1 aliphatic carbocycles. The molecule has 0 saturated heterocycles. The molecule has 0 fully saturated rings. The van der Waals surface area contributed by atoms with Crippen LogP contribution in [0, 0.1) is 59.0 Å². The lowest BCUT2D eigenvalue weighted by atomic mass is 10.1. The van der Waals surface area contributed by atoms with Crippen molar-refractivity contribution >= 4 is 18.5 Å². The quantitative estimate of drug-likeness (QED) is 0.479. The van der Waals surface area contributed by atoms with E-state index in [-0.39, 0.29) is 5.92 Å². The first kappa shape index (κ1) is 18.7. The first-order chi connectivity index (χ1) is 12.4. The molecule has 0 N–H and O–H groups in total. The van der Waals surface area contributed by atoms with Crippen LogP contribution < -0.4 is 10.6 Å². The first-order valence-electron chi connectivity index (χ1n) is 9.19. The molecule has 0 unspecified atom stereocenters. The van der Waals surface area contributed by atoms with E-state index in [0.717, 1.165) is 0 Å². The lowest BCUT2D eigenvalue weighted by Crippen LogP contribution is -2.21. The minimum atomic E-state index is -0.704. The van der Waals surface area contributed by atoms with Crippen molar-refractivity contribution in [1.29, 1.82) is 0 Å². The van der Waals surface area contributed by atoms with Crippen LogP contribution in [0.2, 0.25) is 0 Å². The van der Waals surface area contributed by atoms with E-state index in [1.165, 1.54) is 44.0 Å². The zero-order valence-corrected chi connectivity index (χ0v) is 17.5. The summed E-state index contributed by atoms with van der Waals surface area (Å²) in [5.74, 6) is 3.77. The molecule has 0 spiro atoms. The summed E-state index contributed by atoms with van der Waals surface area (Å²) in [4.78, 5) is 0. The molecule has 0 heterocycles. The monoisotopic (exact) mass is 358 g/mol. The van der Waals surface area contributed by atoms with Crippen LogP contribution in [0.3, 0.4) is 0 Å². The van der Waals surface area contributed by atoms with Crippen LogP contribution in [-0.2, 0) is 0 Å². The Morgan fingerprint density at radius 2 is 1.04 bits per heavy atom. The van der Waals surface area contributed by atoms with Gasteiger partial charge in [-0.15, -0.1) is 0 Å². The zero-order valence-electron chi connectivity index (χ0n) is 16.6. The van der Waals surface area contributed by atoms with E-state index in [0.29, 0.717) is 0 Å². The average molecular weight is 358 g/mol. The summed E-state index contributed by atoms with van der Waals surface area (Å²) in [6, 6.07) is 9.20. The van der Waals surface area contributed by atoms with Gasteiger partial charge in [0.15, 0.2) is 0 Å². The van der Waals surface area contributed by atoms with Gasteiger partial charge in [-0.25, -0.2) is 0 Å². The predicted molar refractivity (Wildman–Crippen MR) is 117 cm³/mol. The van der Waals surface area contributed by atoms with Gasteiger partial charge >= 0.3 is 0 Å². The van der Waals surface area contributed by atoms with E-state index in [9.17, 15) is 0 Å². The first-order valence-corrected chi connectivity index (χ1v) is 10.5. The molecule has 0 aliphatic heterocycles. The Kier molecular flexibility index (Phi) is 5.50. The van der Waals surface area contributed by atoms with Gasteiger partial charge in [0, 0.05) is 7.92 Å². The Morgan fingerprint density at radius 1 is 0.654 bits per heavy atom. The normalized spacial score (nSPS) is 13.3. The Labute approximate surface area is 159 Å². The van der Waals surface area contributed by atoms with Crippen molar-refractivity contribution in [3.8, 4) is 11.6 Å². The summed E-state index contributed by atoms with van der Waals surface area (Å²) >= 11 is 0. The number of aryl methyl sites for hydroxylation is 6. The molecule has 0 radical (unpaired) electrons. The number of hydrogen-bond acceptors (Lipinski definition) is 0. The Bertz CT molecular complexity index is 848. The molecular formula is C25H27P. The maximum Gasteiger partial charge on any atom is 0.0573 e. The largest absolute Gasteiger partial charge is 0.0862 e. The third-order valence-corrected chi connectivity index (χ3v) is 7.47. The second-order valence-corrected chi connectivity index (χ2v) is 9.17. The number of hydrogen-bond donors (Lipinski definition) is 0. The highest BCUT2D eigenvalue weighted by molar-refractivity contribution is 7.77. The van der Waals surface area contributed by atoms with Crippen molar-refractivity contribution in [2.45, 2.75) is 41.5 Å². The SMILES string of the molecule is Cc1cc(C)c(P(C#CC2C=CC=C2)c2c(C)cc(C)cc2C)c(C)c1. The van der Waals surface area contributed by atoms with E-state index in [1.807, 2.05) is 0 Å². The van der Waals surface area contributed by atoms with Gasteiger partial charge < -0.3 is 0 Å². The molecule has 0 saturated carbocycles. The third-order valence-electron chi connectivity index (χ3n) is 4.81. The molecule has 3 rings (SSSR count). The average Bonchev–Trinajstić information content (AvgIpc) is 3.03. The highest BCUT2D eigenvalue weighted by atomic mass is 31.1. The van der Waals surface area contributed by atoms with Gasteiger partial charge in [0.05, 0.1) is 5.92 Å².